The van der Waals surface area contributed by atoms with Gasteiger partial charge in [0.05, 0.1) is 5.56 Å². The zero-order chi connectivity index (χ0) is 15.1. The van der Waals surface area contributed by atoms with Crippen LogP contribution in [0, 0.1) is 0 Å². The van der Waals surface area contributed by atoms with Gasteiger partial charge in [0, 0.05) is 37.4 Å². The Morgan fingerprint density at radius 3 is 2.67 bits per heavy atom. The van der Waals surface area contributed by atoms with E-state index in [-0.39, 0.29) is 5.91 Å². The lowest BCUT2D eigenvalue weighted by atomic mass is 10.2. The van der Waals surface area contributed by atoms with E-state index in [1.165, 1.54) is 12.4 Å². The van der Waals surface area contributed by atoms with Crippen molar-refractivity contribution in [3.05, 3.63) is 48.0 Å². The number of nitrogens with zero attached hydrogens (tertiary/aromatic N) is 3. The number of aromatic nitrogens is 3. The molecule has 2 N–H and O–H groups in total. The Labute approximate surface area is 124 Å². The van der Waals surface area contributed by atoms with Crippen LogP contribution in [-0.2, 0) is 6.54 Å². The lowest BCUT2D eigenvalue weighted by Gasteiger charge is -2.11. The van der Waals surface area contributed by atoms with Crippen molar-refractivity contribution in [3.63, 3.8) is 0 Å². The number of hydrogen-bond donors (Lipinski definition) is 2. The van der Waals surface area contributed by atoms with E-state index >= 15 is 0 Å². The van der Waals surface area contributed by atoms with Gasteiger partial charge in [-0.25, -0.2) is 9.97 Å². The third-order valence-electron chi connectivity index (χ3n) is 3.08. The molecule has 0 aliphatic rings. The molecular weight excluding hydrogens is 266 g/mol. The molecule has 110 valence electrons. The average molecular weight is 285 g/mol. The zero-order valence-corrected chi connectivity index (χ0v) is 12.2. The molecule has 2 rings (SSSR count). The van der Waals surface area contributed by atoms with E-state index in [2.05, 4.69) is 39.4 Å². The van der Waals surface area contributed by atoms with Crippen molar-refractivity contribution in [2.45, 2.75) is 32.9 Å². The van der Waals surface area contributed by atoms with Crippen LogP contribution in [0.25, 0.3) is 0 Å². The molecule has 0 spiro atoms. The number of hydrogen-bond acceptors (Lipinski definition) is 5. The van der Waals surface area contributed by atoms with E-state index in [0.29, 0.717) is 24.1 Å². The maximum atomic E-state index is 12.0. The number of rotatable bonds is 6. The standard InChI is InChI=1S/C15H19N5O/c1-3-11(2)20-15-18-9-13(10-19-15)14(21)17-8-12-5-4-6-16-7-12/h4-7,9-11H,3,8H2,1-2H3,(H,17,21)(H,18,19,20). The van der Waals surface area contributed by atoms with Gasteiger partial charge in [-0.2, -0.15) is 0 Å². The van der Waals surface area contributed by atoms with E-state index in [1.807, 2.05) is 12.1 Å². The van der Waals surface area contributed by atoms with Gasteiger partial charge < -0.3 is 10.6 Å². The molecule has 0 radical (unpaired) electrons. The SMILES string of the molecule is CCC(C)Nc1ncc(C(=O)NCc2cccnc2)cn1. The zero-order valence-electron chi connectivity index (χ0n) is 12.2. The van der Waals surface area contributed by atoms with E-state index in [9.17, 15) is 4.79 Å². The van der Waals surface area contributed by atoms with Crippen LogP contribution < -0.4 is 10.6 Å². The second-order valence-electron chi connectivity index (χ2n) is 4.79. The van der Waals surface area contributed by atoms with Crippen molar-refractivity contribution in [2.75, 3.05) is 5.32 Å². The minimum absolute atomic E-state index is 0.200. The molecule has 2 heterocycles. The highest BCUT2D eigenvalue weighted by Gasteiger charge is 2.08. The highest BCUT2D eigenvalue weighted by molar-refractivity contribution is 5.93. The summed E-state index contributed by atoms with van der Waals surface area (Å²) in [4.78, 5) is 24.3. The van der Waals surface area contributed by atoms with Crippen molar-refractivity contribution in [3.8, 4) is 0 Å². The van der Waals surface area contributed by atoms with Gasteiger partial charge in [-0.3, -0.25) is 9.78 Å². The van der Waals surface area contributed by atoms with Gasteiger partial charge in [0.15, 0.2) is 0 Å². The fourth-order valence-electron chi connectivity index (χ4n) is 1.63. The summed E-state index contributed by atoms with van der Waals surface area (Å²) >= 11 is 0. The van der Waals surface area contributed by atoms with Gasteiger partial charge in [0.1, 0.15) is 0 Å². The van der Waals surface area contributed by atoms with Crippen LogP contribution in [0.5, 0.6) is 0 Å². The second kappa shape index (κ2) is 7.33. The molecular formula is C15H19N5O. The third-order valence-corrected chi connectivity index (χ3v) is 3.08. The Kier molecular flexibility index (Phi) is 5.20. The molecule has 0 bridgehead atoms. The average Bonchev–Trinajstić information content (AvgIpc) is 2.54. The van der Waals surface area contributed by atoms with Crippen molar-refractivity contribution >= 4 is 11.9 Å². The molecule has 0 fully saturated rings. The summed E-state index contributed by atoms with van der Waals surface area (Å²) in [5.41, 5.74) is 1.38. The molecule has 6 nitrogen and oxygen atoms in total. The minimum atomic E-state index is -0.200. The number of amides is 1. The van der Waals surface area contributed by atoms with Crippen LogP contribution in [0.15, 0.2) is 36.9 Å². The predicted molar refractivity (Wildman–Crippen MR) is 80.8 cm³/mol. The lowest BCUT2D eigenvalue weighted by Crippen LogP contribution is -2.23. The highest BCUT2D eigenvalue weighted by atomic mass is 16.1. The van der Waals surface area contributed by atoms with E-state index in [0.717, 1.165) is 12.0 Å². The third kappa shape index (κ3) is 4.52. The van der Waals surface area contributed by atoms with E-state index in [4.69, 9.17) is 0 Å². The Hall–Kier alpha value is -2.50. The van der Waals surface area contributed by atoms with Crippen molar-refractivity contribution in [1.82, 2.24) is 20.3 Å². The Morgan fingerprint density at radius 2 is 2.05 bits per heavy atom. The quantitative estimate of drug-likeness (QED) is 0.848. The van der Waals surface area contributed by atoms with Gasteiger partial charge in [-0.15, -0.1) is 0 Å². The molecule has 1 atom stereocenters. The summed E-state index contributed by atoms with van der Waals surface area (Å²) in [6.45, 7) is 4.56. The summed E-state index contributed by atoms with van der Waals surface area (Å²) in [7, 11) is 0. The first kappa shape index (κ1) is 14.9. The lowest BCUT2D eigenvalue weighted by molar-refractivity contribution is 0.0950. The summed E-state index contributed by atoms with van der Waals surface area (Å²) in [5, 5.41) is 5.96. The molecule has 6 heteroatoms. The van der Waals surface area contributed by atoms with Gasteiger partial charge >= 0.3 is 0 Å². The van der Waals surface area contributed by atoms with Gasteiger partial charge in [0.25, 0.3) is 5.91 Å². The summed E-state index contributed by atoms with van der Waals surface area (Å²) in [6, 6.07) is 4.04. The summed E-state index contributed by atoms with van der Waals surface area (Å²) in [6.07, 6.45) is 7.45. The number of anilines is 1. The smallest absolute Gasteiger partial charge is 0.254 e. The van der Waals surface area contributed by atoms with Gasteiger partial charge in [-0.1, -0.05) is 13.0 Å². The molecule has 0 saturated carbocycles. The molecule has 21 heavy (non-hydrogen) atoms. The van der Waals surface area contributed by atoms with Crippen LogP contribution >= 0.6 is 0 Å². The largest absolute Gasteiger partial charge is 0.352 e. The van der Waals surface area contributed by atoms with Crippen molar-refractivity contribution in [1.29, 1.82) is 0 Å². The normalized spacial score (nSPS) is 11.7. The minimum Gasteiger partial charge on any atom is -0.352 e. The van der Waals surface area contributed by atoms with Gasteiger partial charge in [0.2, 0.25) is 5.95 Å². The molecule has 2 aromatic heterocycles. The number of pyridine rings is 1. The molecule has 1 unspecified atom stereocenters. The fraction of sp³-hybridized carbons (Fsp3) is 0.333. The topological polar surface area (TPSA) is 79.8 Å². The first-order valence-corrected chi connectivity index (χ1v) is 6.94. The van der Waals surface area contributed by atoms with Crippen LogP contribution in [0.4, 0.5) is 5.95 Å². The fourth-order valence-corrected chi connectivity index (χ4v) is 1.63. The molecule has 0 aromatic carbocycles. The molecule has 2 aromatic rings. The maximum Gasteiger partial charge on any atom is 0.254 e. The molecule has 0 saturated heterocycles. The van der Waals surface area contributed by atoms with E-state index in [1.54, 1.807) is 12.4 Å². The van der Waals surface area contributed by atoms with Crippen LogP contribution in [-0.4, -0.2) is 26.9 Å². The summed E-state index contributed by atoms with van der Waals surface area (Å²) in [5.74, 6) is 0.335. The first-order valence-electron chi connectivity index (χ1n) is 6.94. The van der Waals surface area contributed by atoms with Crippen LogP contribution in [0.1, 0.15) is 36.2 Å². The Balaban J connectivity index is 1.90. The number of carbonyl (C=O) groups is 1. The molecule has 1 amide bonds. The van der Waals surface area contributed by atoms with Crippen LogP contribution in [0.2, 0.25) is 0 Å². The summed E-state index contributed by atoms with van der Waals surface area (Å²) < 4.78 is 0. The Morgan fingerprint density at radius 1 is 1.29 bits per heavy atom. The highest BCUT2D eigenvalue weighted by Crippen LogP contribution is 2.04. The predicted octanol–water partition coefficient (Wildman–Crippen LogP) is 2.01. The van der Waals surface area contributed by atoms with Crippen molar-refractivity contribution < 1.29 is 4.79 Å². The van der Waals surface area contributed by atoms with Gasteiger partial charge in [-0.05, 0) is 25.0 Å². The maximum absolute atomic E-state index is 12.0. The second-order valence-corrected chi connectivity index (χ2v) is 4.79. The molecule has 0 aliphatic carbocycles. The molecule has 0 aliphatic heterocycles. The van der Waals surface area contributed by atoms with Crippen molar-refractivity contribution in [2.24, 2.45) is 0 Å². The monoisotopic (exact) mass is 285 g/mol. The Bertz CT molecular complexity index is 570. The first-order chi connectivity index (χ1) is 10.2. The van der Waals surface area contributed by atoms with Crippen LogP contribution in [0.3, 0.4) is 0 Å². The number of nitrogens with one attached hydrogen (secondary N) is 2. The number of carbonyl (C=O) groups excluding carboxylic acids is 1. The van der Waals surface area contributed by atoms with E-state index < -0.39 is 0 Å².